The zero-order valence-electron chi connectivity index (χ0n) is 22.2. The Kier molecular flexibility index (Phi) is 10.6. The molecule has 0 radical (unpaired) electrons. The number of halogens is 4. The maximum atomic E-state index is 13.3. The summed E-state index contributed by atoms with van der Waals surface area (Å²) in [5, 5.41) is 0. The summed E-state index contributed by atoms with van der Waals surface area (Å²) < 4.78 is 51.4. The molecule has 3 nitrogen and oxygen atoms in total. The number of alkyl halides is 4. The minimum atomic E-state index is -4.42. The molecule has 2 aromatic carbocycles. The average Bonchev–Trinajstić information content (AvgIpc) is 2.94. The van der Waals surface area contributed by atoms with Crippen LogP contribution in [0, 0.1) is 5.92 Å². The maximum absolute atomic E-state index is 13.3. The molecule has 0 aliphatic rings. The van der Waals surface area contributed by atoms with Crippen molar-refractivity contribution in [1.29, 1.82) is 0 Å². The number of anilines is 1. The number of benzene rings is 2. The fourth-order valence-electron chi connectivity index (χ4n) is 4.31. The topological polar surface area (TPSA) is 33.2 Å². The zero-order valence-corrected chi connectivity index (χ0v) is 22.2. The second-order valence-corrected chi connectivity index (χ2v) is 9.48. The van der Waals surface area contributed by atoms with Crippen molar-refractivity contribution in [2.24, 2.45) is 5.92 Å². The first kappa shape index (κ1) is 29.8. The Morgan fingerprint density at radius 2 is 1.82 bits per heavy atom. The van der Waals surface area contributed by atoms with Gasteiger partial charge in [0.05, 0.1) is 12.2 Å². The Morgan fingerprint density at radius 3 is 2.41 bits per heavy atom. The van der Waals surface area contributed by atoms with E-state index in [2.05, 4.69) is 37.2 Å². The molecule has 0 saturated carbocycles. The van der Waals surface area contributed by atoms with Crippen molar-refractivity contribution >= 4 is 11.6 Å². The Hall–Kier alpha value is -3.74. The van der Waals surface area contributed by atoms with Crippen LogP contribution in [0.1, 0.15) is 43.0 Å². The molecule has 1 unspecified atom stereocenters. The quantitative estimate of drug-likeness (QED) is 0.124. The second kappa shape index (κ2) is 13.9. The first-order valence-corrected chi connectivity index (χ1v) is 13.1. The van der Waals surface area contributed by atoms with Gasteiger partial charge in [0.25, 0.3) is 5.91 Å². The molecular formula is C32H34F4N2O. The van der Waals surface area contributed by atoms with Gasteiger partial charge in [0.2, 0.25) is 0 Å². The predicted molar refractivity (Wildman–Crippen MR) is 149 cm³/mol. The van der Waals surface area contributed by atoms with Crippen LogP contribution in [-0.2, 0) is 23.8 Å². The van der Waals surface area contributed by atoms with E-state index in [4.69, 9.17) is 0 Å². The van der Waals surface area contributed by atoms with E-state index in [-0.39, 0.29) is 23.8 Å². The van der Waals surface area contributed by atoms with Gasteiger partial charge in [0.15, 0.2) is 0 Å². The van der Waals surface area contributed by atoms with Crippen LogP contribution >= 0.6 is 0 Å². The van der Waals surface area contributed by atoms with E-state index in [0.717, 1.165) is 29.8 Å². The fourth-order valence-corrected chi connectivity index (χ4v) is 4.31. The SMILES string of the molecule is C=CC(CCCc1ccc(C(F)(F)F)cn1)CN(C(=O)C(=C)CCF)c1cccc(-c2ccc(CC)cc2)c1. The lowest BCUT2D eigenvalue weighted by atomic mass is 9.98. The highest BCUT2D eigenvalue weighted by Gasteiger charge is 2.30. The Bertz CT molecular complexity index is 1250. The molecule has 206 valence electrons. The molecule has 0 spiro atoms. The predicted octanol–water partition coefficient (Wildman–Crippen LogP) is 8.40. The van der Waals surface area contributed by atoms with Crippen molar-refractivity contribution in [2.75, 3.05) is 18.1 Å². The summed E-state index contributed by atoms with van der Waals surface area (Å²) >= 11 is 0. The number of aromatic nitrogens is 1. The third kappa shape index (κ3) is 8.37. The molecule has 0 bridgehead atoms. The number of rotatable bonds is 13. The third-order valence-electron chi connectivity index (χ3n) is 6.71. The largest absolute Gasteiger partial charge is 0.417 e. The molecule has 0 aliphatic carbocycles. The molecule has 0 fully saturated rings. The van der Waals surface area contributed by atoms with E-state index in [0.29, 0.717) is 37.2 Å². The molecule has 1 heterocycles. The molecule has 3 aromatic rings. The number of nitrogens with zero attached hydrogens (tertiary/aromatic N) is 2. The molecule has 1 aromatic heterocycles. The van der Waals surface area contributed by atoms with E-state index < -0.39 is 18.4 Å². The number of pyridine rings is 1. The van der Waals surface area contributed by atoms with Crippen LogP contribution in [-0.4, -0.2) is 24.1 Å². The van der Waals surface area contributed by atoms with Crippen LogP contribution in [0.15, 0.2) is 91.7 Å². The first-order valence-electron chi connectivity index (χ1n) is 13.1. The van der Waals surface area contributed by atoms with Gasteiger partial charge >= 0.3 is 6.18 Å². The van der Waals surface area contributed by atoms with Crippen LogP contribution in [0.25, 0.3) is 11.1 Å². The van der Waals surface area contributed by atoms with Crippen molar-refractivity contribution < 1.29 is 22.4 Å². The van der Waals surface area contributed by atoms with E-state index in [1.807, 2.05) is 36.4 Å². The average molecular weight is 539 g/mol. The molecule has 1 amide bonds. The number of aryl methyl sites for hydroxylation is 2. The molecule has 0 aliphatic heterocycles. The zero-order chi connectivity index (χ0) is 28.4. The van der Waals surface area contributed by atoms with Crippen molar-refractivity contribution in [3.05, 3.63) is 108 Å². The minimum Gasteiger partial charge on any atom is -0.308 e. The highest BCUT2D eigenvalue weighted by atomic mass is 19.4. The summed E-state index contributed by atoms with van der Waals surface area (Å²) in [6, 6.07) is 18.3. The van der Waals surface area contributed by atoms with Gasteiger partial charge in [0, 0.05) is 36.1 Å². The van der Waals surface area contributed by atoms with E-state index in [9.17, 15) is 22.4 Å². The van der Waals surface area contributed by atoms with Crippen LogP contribution in [0.4, 0.5) is 23.2 Å². The number of hydrogen-bond acceptors (Lipinski definition) is 2. The van der Waals surface area contributed by atoms with E-state index in [1.54, 1.807) is 11.0 Å². The first-order chi connectivity index (χ1) is 18.7. The highest BCUT2D eigenvalue weighted by Crippen LogP contribution is 2.30. The summed E-state index contributed by atoms with van der Waals surface area (Å²) in [6.45, 7) is 9.47. The molecule has 7 heteroatoms. The third-order valence-corrected chi connectivity index (χ3v) is 6.71. The number of carbonyl (C=O) groups excluding carboxylic acids is 1. The van der Waals surface area contributed by atoms with Gasteiger partial charge in [-0.2, -0.15) is 13.2 Å². The lowest BCUT2D eigenvalue weighted by molar-refractivity contribution is -0.137. The van der Waals surface area contributed by atoms with Gasteiger partial charge in [-0.05, 0) is 72.6 Å². The summed E-state index contributed by atoms with van der Waals surface area (Å²) in [5.41, 5.74) is 3.86. The molecule has 0 N–H and O–H groups in total. The molecule has 3 rings (SSSR count). The number of carbonyl (C=O) groups is 1. The fraction of sp³-hybridized carbons (Fsp3) is 0.312. The van der Waals surface area contributed by atoms with Crippen molar-refractivity contribution in [3.8, 4) is 11.1 Å². The molecule has 1 atom stereocenters. The summed E-state index contributed by atoms with van der Waals surface area (Å²) in [7, 11) is 0. The number of amides is 1. The molecule has 0 saturated heterocycles. The van der Waals surface area contributed by atoms with E-state index >= 15 is 0 Å². The van der Waals surface area contributed by atoms with Crippen LogP contribution in [0.5, 0.6) is 0 Å². The minimum absolute atomic E-state index is 0.0498. The van der Waals surface area contributed by atoms with Crippen molar-refractivity contribution in [3.63, 3.8) is 0 Å². The van der Waals surface area contributed by atoms with Gasteiger partial charge < -0.3 is 4.90 Å². The molecular weight excluding hydrogens is 504 g/mol. The van der Waals surface area contributed by atoms with Gasteiger partial charge in [-0.3, -0.25) is 14.2 Å². The summed E-state index contributed by atoms with van der Waals surface area (Å²) in [5.74, 6) is -0.448. The maximum Gasteiger partial charge on any atom is 0.417 e. The van der Waals surface area contributed by atoms with Gasteiger partial charge in [-0.1, -0.05) is 56.0 Å². The summed E-state index contributed by atoms with van der Waals surface area (Å²) in [6.07, 6.45) is 0.872. The van der Waals surface area contributed by atoms with E-state index in [1.165, 1.54) is 11.6 Å². The lowest BCUT2D eigenvalue weighted by Crippen LogP contribution is -2.36. The van der Waals surface area contributed by atoms with Crippen LogP contribution < -0.4 is 4.90 Å². The molecule has 39 heavy (non-hydrogen) atoms. The standard InChI is InChI=1S/C32H34F4N2O/c1-4-24-12-14-26(15-13-24)27-9-7-11-30(20-27)38(31(39)23(3)18-19-33)22-25(5-2)8-6-10-29-17-16-28(21-37-29)32(34,35)36/h5,7,9,11-17,20-21,25H,2-4,6,8,10,18-19,22H2,1H3. The second-order valence-electron chi connectivity index (χ2n) is 9.48. The van der Waals surface area contributed by atoms with Gasteiger partial charge in [0.1, 0.15) is 0 Å². The number of hydrogen-bond donors (Lipinski definition) is 0. The Labute approximate surface area is 227 Å². The smallest absolute Gasteiger partial charge is 0.308 e. The lowest BCUT2D eigenvalue weighted by Gasteiger charge is -2.28. The van der Waals surface area contributed by atoms with Crippen LogP contribution in [0.2, 0.25) is 0 Å². The Morgan fingerprint density at radius 1 is 1.08 bits per heavy atom. The monoisotopic (exact) mass is 538 g/mol. The highest BCUT2D eigenvalue weighted by molar-refractivity contribution is 6.05. The normalized spacial score (nSPS) is 12.1. The van der Waals surface area contributed by atoms with Crippen molar-refractivity contribution in [1.82, 2.24) is 4.98 Å². The van der Waals surface area contributed by atoms with Crippen LogP contribution in [0.3, 0.4) is 0 Å². The van der Waals surface area contributed by atoms with Gasteiger partial charge in [-0.25, -0.2) is 0 Å². The van der Waals surface area contributed by atoms with Gasteiger partial charge in [-0.15, -0.1) is 6.58 Å². The van der Waals surface area contributed by atoms with Crippen molar-refractivity contribution in [2.45, 2.75) is 45.2 Å². The Balaban J connectivity index is 1.76. The summed E-state index contributed by atoms with van der Waals surface area (Å²) in [4.78, 5) is 18.9.